The zero-order chi connectivity index (χ0) is 10.7. The summed E-state index contributed by atoms with van der Waals surface area (Å²) >= 11 is 0. The number of ether oxygens (including phenoxy) is 1. The number of hydrogen-bond donors (Lipinski definition) is 2. The van der Waals surface area contributed by atoms with Crippen LogP contribution in [-0.2, 0) is 6.42 Å². The summed E-state index contributed by atoms with van der Waals surface area (Å²) in [5, 5.41) is 8.71. The molecule has 0 saturated heterocycles. The SMILES string of the molecule is COc1ccc2[nH]c(CCCO)nc2n1. The average molecular weight is 207 g/mol. The Morgan fingerprint density at radius 3 is 3.00 bits per heavy atom. The van der Waals surface area contributed by atoms with Crippen molar-refractivity contribution >= 4 is 11.2 Å². The number of nitrogens with one attached hydrogen (secondary N) is 1. The number of aryl methyl sites for hydroxylation is 1. The predicted molar refractivity (Wildman–Crippen MR) is 55.8 cm³/mol. The molecule has 0 unspecified atom stereocenters. The van der Waals surface area contributed by atoms with Crippen molar-refractivity contribution in [2.24, 2.45) is 0 Å². The summed E-state index contributed by atoms with van der Waals surface area (Å²) in [7, 11) is 1.58. The predicted octanol–water partition coefficient (Wildman–Crippen LogP) is 0.891. The summed E-state index contributed by atoms with van der Waals surface area (Å²) in [6.45, 7) is 0.174. The molecule has 5 heteroatoms. The number of aliphatic hydroxyl groups is 1. The highest BCUT2D eigenvalue weighted by molar-refractivity contribution is 5.71. The number of fused-ring (bicyclic) bond motifs is 1. The molecular weight excluding hydrogens is 194 g/mol. The lowest BCUT2D eigenvalue weighted by Gasteiger charge is -1.95. The van der Waals surface area contributed by atoms with E-state index in [0.717, 1.165) is 17.8 Å². The van der Waals surface area contributed by atoms with Gasteiger partial charge in [-0.2, -0.15) is 4.98 Å². The number of aromatic nitrogens is 3. The number of aliphatic hydroxyl groups excluding tert-OH is 1. The lowest BCUT2D eigenvalue weighted by atomic mass is 10.3. The summed E-state index contributed by atoms with van der Waals surface area (Å²) in [6.07, 6.45) is 1.44. The van der Waals surface area contributed by atoms with E-state index >= 15 is 0 Å². The molecule has 0 amide bonds. The molecule has 0 aliphatic heterocycles. The number of hydrogen-bond acceptors (Lipinski definition) is 4. The van der Waals surface area contributed by atoms with Gasteiger partial charge < -0.3 is 14.8 Å². The second-order valence-corrected chi connectivity index (χ2v) is 3.24. The van der Waals surface area contributed by atoms with Gasteiger partial charge in [-0.3, -0.25) is 0 Å². The Morgan fingerprint density at radius 2 is 2.27 bits per heavy atom. The van der Waals surface area contributed by atoms with E-state index in [9.17, 15) is 0 Å². The first-order chi connectivity index (χ1) is 7.33. The zero-order valence-corrected chi connectivity index (χ0v) is 8.53. The van der Waals surface area contributed by atoms with Gasteiger partial charge in [0, 0.05) is 19.1 Å². The number of aromatic amines is 1. The minimum Gasteiger partial charge on any atom is -0.481 e. The monoisotopic (exact) mass is 207 g/mol. The van der Waals surface area contributed by atoms with Crippen LogP contribution in [0, 0.1) is 0 Å². The molecule has 2 N–H and O–H groups in total. The van der Waals surface area contributed by atoms with Crippen LogP contribution in [-0.4, -0.2) is 33.8 Å². The number of methoxy groups -OCH3 is 1. The maximum absolute atomic E-state index is 8.71. The molecule has 80 valence electrons. The third-order valence-electron chi connectivity index (χ3n) is 2.15. The first kappa shape index (κ1) is 9.92. The molecule has 5 nitrogen and oxygen atoms in total. The minimum absolute atomic E-state index is 0.174. The van der Waals surface area contributed by atoms with Crippen molar-refractivity contribution in [3.8, 4) is 5.88 Å². The highest BCUT2D eigenvalue weighted by atomic mass is 16.5. The van der Waals surface area contributed by atoms with Gasteiger partial charge in [-0.15, -0.1) is 0 Å². The van der Waals surface area contributed by atoms with E-state index in [1.165, 1.54) is 0 Å². The number of rotatable bonds is 4. The van der Waals surface area contributed by atoms with Crippen molar-refractivity contribution < 1.29 is 9.84 Å². The molecule has 2 aromatic rings. The van der Waals surface area contributed by atoms with Crippen LogP contribution in [0.1, 0.15) is 12.2 Å². The fourth-order valence-corrected chi connectivity index (χ4v) is 1.40. The maximum atomic E-state index is 8.71. The van der Waals surface area contributed by atoms with E-state index in [1.54, 1.807) is 13.2 Å². The van der Waals surface area contributed by atoms with Crippen molar-refractivity contribution in [2.75, 3.05) is 13.7 Å². The van der Waals surface area contributed by atoms with Gasteiger partial charge in [0.25, 0.3) is 0 Å². The van der Waals surface area contributed by atoms with Crippen LogP contribution in [0.15, 0.2) is 12.1 Å². The molecule has 0 bridgehead atoms. The third-order valence-corrected chi connectivity index (χ3v) is 2.15. The molecule has 0 spiro atoms. The van der Waals surface area contributed by atoms with Crippen molar-refractivity contribution in [1.29, 1.82) is 0 Å². The highest BCUT2D eigenvalue weighted by Crippen LogP contribution is 2.14. The summed E-state index contributed by atoms with van der Waals surface area (Å²) < 4.78 is 5.01. The first-order valence-corrected chi connectivity index (χ1v) is 4.84. The largest absolute Gasteiger partial charge is 0.481 e. The molecular formula is C10H13N3O2. The van der Waals surface area contributed by atoms with E-state index in [2.05, 4.69) is 15.0 Å². The fourth-order valence-electron chi connectivity index (χ4n) is 1.40. The van der Waals surface area contributed by atoms with E-state index in [4.69, 9.17) is 9.84 Å². The number of nitrogens with zero attached hydrogens (tertiary/aromatic N) is 2. The molecule has 15 heavy (non-hydrogen) atoms. The lowest BCUT2D eigenvalue weighted by Crippen LogP contribution is -1.91. The van der Waals surface area contributed by atoms with E-state index in [0.29, 0.717) is 17.9 Å². The van der Waals surface area contributed by atoms with E-state index < -0.39 is 0 Å². The molecule has 2 rings (SSSR count). The number of H-pyrrole nitrogens is 1. The van der Waals surface area contributed by atoms with E-state index in [-0.39, 0.29) is 6.61 Å². The average Bonchev–Trinajstić information content (AvgIpc) is 2.67. The van der Waals surface area contributed by atoms with Crippen molar-refractivity contribution in [3.63, 3.8) is 0 Å². The van der Waals surface area contributed by atoms with Gasteiger partial charge in [0.05, 0.1) is 12.6 Å². The molecule has 0 aliphatic carbocycles. The van der Waals surface area contributed by atoms with Gasteiger partial charge in [-0.05, 0) is 12.5 Å². The standard InChI is InChI=1S/C10H13N3O2/c1-15-9-5-4-7-10(13-9)12-8(11-7)3-2-6-14/h4-5,14H,2-3,6H2,1H3,(H,11,12,13). The van der Waals surface area contributed by atoms with Gasteiger partial charge in [0.2, 0.25) is 5.88 Å². The Morgan fingerprint density at radius 1 is 1.40 bits per heavy atom. The Labute approximate surface area is 87.1 Å². The van der Waals surface area contributed by atoms with Crippen LogP contribution in [0.5, 0.6) is 5.88 Å². The second kappa shape index (κ2) is 4.27. The van der Waals surface area contributed by atoms with Crippen molar-refractivity contribution in [2.45, 2.75) is 12.8 Å². The number of imidazole rings is 1. The summed E-state index contributed by atoms with van der Waals surface area (Å²) in [5.74, 6) is 1.41. The van der Waals surface area contributed by atoms with Crippen LogP contribution >= 0.6 is 0 Å². The quantitative estimate of drug-likeness (QED) is 0.781. The molecule has 0 aliphatic rings. The molecule has 0 fully saturated rings. The molecule has 0 saturated carbocycles. The summed E-state index contributed by atoms with van der Waals surface area (Å²) in [5.41, 5.74) is 1.55. The maximum Gasteiger partial charge on any atom is 0.215 e. The van der Waals surface area contributed by atoms with Crippen molar-refractivity contribution in [1.82, 2.24) is 15.0 Å². The molecule has 0 aromatic carbocycles. The lowest BCUT2D eigenvalue weighted by molar-refractivity contribution is 0.287. The fraction of sp³-hybridized carbons (Fsp3) is 0.400. The Kier molecular flexibility index (Phi) is 2.82. The number of pyridine rings is 1. The highest BCUT2D eigenvalue weighted by Gasteiger charge is 2.04. The minimum atomic E-state index is 0.174. The van der Waals surface area contributed by atoms with Crippen molar-refractivity contribution in [3.05, 3.63) is 18.0 Å². The molecule has 2 aromatic heterocycles. The second-order valence-electron chi connectivity index (χ2n) is 3.24. The topological polar surface area (TPSA) is 71.0 Å². The third kappa shape index (κ3) is 2.07. The molecule has 2 heterocycles. The summed E-state index contributed by atoms with van der Waals surface area (Å²) in [4.78, 5) is 11.6. The molecule has 0 atom stereocenters. The van der Waals surface area contributed by atoms with Crippen LogP contribution in [0.2, 0.25) is 0 Å². The van der Waals surface area contributed by atoms with Gasteiger partial charge >= 0.3 is 0 Å². The van der Waals surface area contributed by atoms with Gasteiger partial charge in [-0.25, -0.2) is 4.98 Å². The van der Waals surface area contributed by atoms with Crippen LogP contribution in [0.4, 0.5) is 0 Å². The Bertz CT molecular complexity index is 453. The van der Waals surface area contributed by atoms with Gasteiger partial charge in [0.15, 0.2) is 5.65 Å². The van der Waals surface area contributed by atoms with Crippen LogP contribution in [0.3, 0.4) is 0 Å². The molecule has 0 radical (unpaired) electrons. The Balaban J connectivity index is 2.29. The van der Waals surface area contributed by atoms with Crippen LogP contribution in [0.25, 0.3) is 11.2 Å². The first-order valence-electron chi connectivity index (χ1n) is 4.84. The summed E-state index contributed by atoms with van der Waals surface area (Å²) in [6, 6.07) is 3.67. The smallest absolute Gasteiger partial charge is 0.215 e. The Hall–Kier alpha value is -1.62. The van der Waals surface area contributed by atoms with Gasteiger partial charge in [0.1, 0.15) is 5.82 Å². The van der Waals surface area contributed by atoms with Crippen LogP contribution < -0.4 is 4.74 Å². The zero-order valence-electron chi connectivity index (χ0n) is 8.53. The van der Waals surface area contributed by atoms with E-state index in [1.807, 2.05) is 6.07 Å². The normalized spacial score (nSPS) is 10.8. The van der Waals surface area contributed by atoms with Gasteiger partial charge in [-0.1, -0.05) is 0 Å².